The fraction of sp³-hybridized carbons (Fsp3) is 0.933. The first kappa shape index (κ1) is 15.7. The molecule has 0 aromatic rings. The zero-order valence-electron chi connectivity index (χ0n) is 12.9. The van der Waals surface area contributed by atoms with Crippen molar-refractivity contribution in [3.63, 3.8) is 0 Å². The lowest BCUT2D eigenvalue weighted by Crippen LogP contribution is -2.56. The van der Waals surface area contributed by atoms with E-state index < -0.39 is 0 Å². The van der Waals surface area contributed by atoms with E-state index in [1.165, 1.54) is 0 Å². The molecular formula is C15H28N2O3. The summed E-state index contributed by atoms with van der Waals surface area (Å²) in [4.78, 5) is 12.2. The maximum absolute atomic E-state index is 12.2. The van der Waals surface area contributed by atoms with Gasteiger partial charge in [0.05, 0.1) is 18.8 Å². The maximum atomic E-state index is 12.2. The number of carbonyl (C=O) groups excluding carboxylic acids is 1. The maximum Gasteiger partial charge on any atom is 0.239 e. The fourth-order valence-electron chi connectivity index (χ4n) is 3.19. The van der Waals surface area contributed by atoms with Crippen LogP contribution < -0.4 is 10.6 Å². The van der Waals surface area contributed by atoms with Crippen molar-refractivity contribution in [1.82, 2.24) is 10.6 Å². The number of rotatable bonds is 4. The van der Waals surface area contributed by atoms with Gasteiger partial charge in [0.15, 0.2) is 0 Å². The number of nitrogens with one attached hydrogen (secondary N) is 2. The first-order valence-electron chi connectivity index (χ1n) is 7.84. The highest BCUT2D eigenvalue weighted by atomic mass is 16.5. The molecule has 0 aliphatic carbocycles. The zero-order chi connectivity index (χ0) is 14.5. The molecule has 0 spiro atoms. The summed E-state index contributed by atoms with van der Waals surface area (Å²) in [5.41, 5.74) is 0. The SMILES string of the molecule is CC(C)C1OCCCC1CNC(=O)[C@H]1NCCO[C@@H]1C. The first-order valence-corrected chi connectivity index (χ1v) is 7.84. The molecule has 0 bridgehead atoms. The lowest BCUT2D eigenvalue weighted by Gasteiger charge is -2.35. The minimum atomic E-state index is -0.231. The standard InChI is InChI=1S/C15H28N2O3/c1-10(2)14-12(5-4-7-20-14)9-17-15(18)13-11(3)19-8-6-16-13/h10-14,16H,4-9H2,1-3H3,(H,17,18)/t11-,12?,13+,14?/m1/s1. The molecule has 0 radical (unpaired) electrons. The quantitative estimate of drug-likeness (QED) is 0.806. The molecule has 2 rings (SSSR count). The van der Waals surface area contributed by atoms with E-state index in [9.17, 15) is 4.79 Å². The Morgan fingerprint density at radius 3 is 2.85 bits per heavy atom. The third kappa shape index (κ3) is 3.93. The van der Waals surface area contributed by atoms with Gasteiger partial charge in [-0.15, -0.1) is 0 Å². The minimum absolute atomic E-state index is 0.0466. The molecule has 2 aliphatic rings. The van der Waals surface area contributed by atoms with Crippen molar-refractivity contribution in [2.45, 2.75) is 51.9 Å². The van der Waals surface area contributed by atoms with E-state index in [-0.39, 0.29) is 24.2 Å². The van der Waals surface area contributed by atoms with Gasteiger partial charge in [-0.2, -0.15) is 0 Å². The molecule has 5 nitrogen and oxygen atoms in total. The van der Waals surface area contributed by atoms with Crippen molar-refractivity contribution < 1.29 is 14.3 Å². The number of carbonyl (C=O) groups is 1. The van der Waals surface area contributed by atoms with Gasteiger partial charge in [0.25, 0.3) is 0 Å². The third-order valence-electron chi connectivity index (χ3n) is 4.29. The zero-order valence-corrected chi connectivity index (χ0v) is 12.9. The Balaban J connectivity index is 1.82. The van der Waals surface area contributed by atoms with E-state index >= 15 is 0 Å². The van der Waals surface area contributed by atoms with E-state index in [0.29, 0.717) is 25.0 Å². The fourth-order valence-corrected chi connectivity index (χ4v) is 3.19. The number of hydrogen-bond donors (Lipinski definition) is 2. The van der Waals surface area contributed by atoms with Crippen molar-refractivity contribution in [2.75, 3.05) is 26.3 Å². The molecular weight excluding hydrogens is 256 g/mol. The molecule has 5 heteroatoms. The van der Waals surface area contributed by atoms with Crippen molar-refractivity contribution in [1.29, 1.82) is 0 Å². The molecule has 2 aliphatic heterocycles. The van der Waals surface area contributed by atoms with Gasteiger partial charge < -0.3 is 20.1 Å². The van der Waals surface area contributed by atoms with Crippen LogP contribution in [0.4, 0.5) is 0 Å². The van der Waals surface area contributed by atoms with E-state index in [2.05, 4.69) is 24.5 Å². The normalized spacial score (nSPS) is 35.0. The summed E-state index contributed by atoms with van der Waals surface area (Å²) in [6, 6.07) is -0.231. The van der Waals surface area contributed by atoms with E-state index in [1.807, 2.05) is 6.92 Å². The van der Waals surface area contributed by atoms with Gasteiger partial charge in [-0.25, -0.2) is 0 Å². The molecule has 4 atom stereocenters. The van der Waals surface area contributed by atoms with Crippen LogP contribution in [0.5, 0.6) is 0 Å². The second-order valence-electron chi connectivity index (χ2n) is 6.23. The highest BCUT2D eigenvalue weighted by Gasteiger charge is 2.31. The molecule has 0 aromatic heterocycles. The summed E-state index contributed by atoms with van der Waals surface area (Å²) in [5, 5.41) is 6.30. The molecule has 20 heavy (non-hydrogen) atoms. The highest BCUT2D eigenvalue weighted by molar-refractivity contribution is 5.82. The molecule has 2 N–H and O–H groups in total. The average molecular weight is 284 g/mol. The van der Waals surface area contributed by atoms with Crippen molar-refractivity contribution >= 4 is 5.91 Å². The summed E-state index contributed by atoms with van der Waals surface area (Å²) in [5.74, 6) is 0.963. The highest BCUT2D eigenvalue weighted by Crippen LogP contribution is 2.25. The summed E-state index contributed by atoms with van der Waals surface area (Å²) in [6.45, 7) is 9.28. The summed E-state index contributed by atoms with van der Waals surface area (Å²) in [7, 11) is 0. The van der Waals surface area contributed by atoms with Crippen LogP contribution in [0.3, 0.4) is 0 Å². The van der Waals surface area contributed by atoms with Crippen LogP contribution >= 0.6 is 0 Å². The van der Waals surface area contributed by atoms with Gasteiger partial charge in [-0.3, -0.25) is 4.79 Å². The Bertz CT molecular complexity index is 322. The van der Waals surface area contributed by atoms with Crippen molar-refractivity contribution in [3.8, 4) is 0 Å². The molecule has 2 saturated heterocycles. The first-order chi connectivity index (χ1) is 9.59. The van der Waals surface area contributed by atoms with Crippen LogP contribution in [0.2, 0.25) is 0 Å². The van der Waals surface area contributed by atoms with Gasteiger partial charge in [0.1, 0.15) is 6.04 Å². The second kappa shape index (κ2) is 7.38. The molecule has 1 amide bonds. The van der Waals surface area contributed by atoms with Gasteiger partial charge in [-0.05, 0) is 25.7 Å². The van der Waals surface area contributed by atoms with Crippen molar-refractivity contribution in [2.24, 2.45) is 11.8 Å². The summed E-state index contributed by atoms with van der Waals surface area (Å²) >= 11 is 0. The van der Waals surface area contributed by atoms with Crippen LogP contribution in [0, 0.1) is 11.8 Å². The molecule has 2 fully saturated rings. The van der Waals surface area contributed by atoms with Crippen molar-refractivity contribution in [3.05, 3.63) is 0 Å². The Labute approximate surface area is 121 Å². The number of ether oxygens (including phenoxy) is 2. The third-order valence-corrected chi connectivity index (χ3v) is 4.29. The lowest BCUT2D eigenvalue weighted by molar-refractivity contribution is -0.129. The largest absolute Gasteiger partial charge is 0.378 e. The van der Waals surface area contributed by atoms with Gasteiger partial charge in [0.2, 0.25) is 5.91 Å². The van der Waals surface area contributed by atoms with Gasteiger partial charge in [0, 0.05) is 25.6 Å². The molecule has 2 unspecified atom stereocenters. The van der Waals surface area contributed by atoms with E-state index in [4.69, 9.17) is 9.47 Å². The minimum Gasteiger partial charge on any atom is -0.378 e. The molecule has 2 heterocycles. The summed E-state index contributed by atoms with van der Waals surface area (Å²) < 4.78 is 11.4. The van der Waals surface area contributed by atoms with Crippen LogP contribution in [0.1, 0.15) is 33.6 Å². The summed E-state index contributed by atoms with van der Waals surface area (Å²) in [6.07, 6.45) is 2.42. The average Bonchev–Trinajstić information content (AvgIpc) is 2.45. The molecule has 116 valence electrons. The Hall–Kier alpha value is -0.650. The Morgan fingerprint density at radius 2 is 2.15 bits per heavy atom. The topological polar surface area (TPSA) is 59.6 Å². The lowest BCUT2D eigenvalue weighted by atomic mass is 9.87. The Kier molecular flexibility index (Phi) is 5.81. The molecule has 0 saturated carbocycles. The Morgan fingerprint density at radius 1 is 1.35 bits per heavy atom. The van der Waals surface area contributed by atoms with Gasteiger partial charge in [-0.1, -0.05) is 13.8 Å². The number of hydrogen-bond acceptors (Lipinski definition) is 4. The predicted octanol–water partition coefficient (Wildman–Crippen LogP) is 0.931. The monoisotopic (exact) mass is 284 g/mol. The van der Waals surface area contributed by atoms with Gasteiger partial charge >= 0.3 is 0 Å². The second-order valence-corrected chi connectivity index (χ2v) is 6.23. The smallest absolute Gasteiger partial charge is 0.239 e. The van der Waals surface area contributed by atoms with Crippen LogP contribution in [0.15, 0.2) is 0 Å². The van der Waals surface area contributed by atoms with Crippen LogP contribution in [-0.2, 0) is 14.3 Å². The number of morpholine rings is 1. The van der Waals surface area contributed by atoms with Crippen LogP contribution in [-0.4, -0.2) is 50.5 Å². The van der Waals surface area contributed by atoms with E-state index in [0.717, 1.165) is 26.0 Å². The van der Waals surface area contributed by atoms with E-state index in [1.54, 1.807) is 0 Å². The number of amides is 1. The predicted molar refractivity (Wildman–Crippen MR) is 77.5 cm³/mol. The van der Waals surface area contributed by atoms with Crippen LogP contribution in [0.25, 0.3) is 0 Å². The molecule has 0 aromatic carbocycles.